The molecule has 0 aliphatic rings. The number of rotatable bonds is 6. The highest BCUT2D eigenvalue weighted by atomic mass is 79.9. The Morgan fingerprint density at radius 1 is 1.00 bits per heavy atom. The van der Waals surface area contributed by atoms with Gasteiger partial charge in [0.1, 0.15) is 0 Å². The zero-order chi connectivity index (χ0) is 16.1. The summed E-state index contributed by atoms with van der Waals surface area (Å²) in [6, 6.07) is 18.7. The Hall–Kier alpha value is -1.59. The molecule has 0 spiro atoms. The topological polar surface area (TPSA) is 30.7 Å². The van der Waals surface area contributed by atoms with Gasteiger partial charge in [0.15, 0.2) is 11.0 Å². The molecule has 3 rings (SSSR count). The van der Waals surface area contributed by atoms with E-state index in [9.17, 15) is 0 Å². The molecule has 118 valence electrons. The minimum atomic E-state index is 0.893. The minimum Gasteiger partial charge on any atom is -0.302 e. The SMILES string of the molecule is CCCn1c(SCc2ccc(Br)cc2)nnc1-c1ccccc1. The van der Waals surface area contributed by atoms with Crippen LogP contribution in [-0.4, -0.2) is 14.8 Å². The molecular weight excluding hydrogens is 370 g/mol. The number of benzene rings is 2. The molecule has 5 heteroatoms. The Bertz CT molecular complexity index is 754. The van der Waals surface area contributed by atoms with Crippen LogP contribution >= 0.6 is 27.7 Å². The molecule has 0 N–H and O–H groups in total. The number of nitrogens with zero attached hydrogens (tertiary/aromatic N) is 3. The molecule has 0 amide bonds. The lowest BCUT2D eigenvalue weighted by atomic mass is 10.2. The fourth-order valence-electron chi connectivity index (χ4n) is 2.35. The van der Waals surface area contributed by atoms with Crippen molar-refractivity contribution in [3.05, 3.63) is 64.6 Å². The van der Waals surface area contributed by atoms with E-state index in [1.165, 1.54) is 5.56 Å². The summed E-state index contributed by atoms with van der Waals surface area (Å²) in [6.45, 7) is 3.11. The van der Waals surface area contributed by atoms with Crippen molar-refractivity contribution in [1.82, 2.24) is 14.8 Å². The highest BCUT2D eigenvalue weighted by Crippen LogP contribution is 2.27. The number of aromatic nitrogens is 3. The Balaban J connectivity index is 1.82. The van der Waals surface area contributed by atoms with E-state index in [0.29, 0.717) is 0 Å². The van der Waals surface area contributed by atoms with E-state index in [4.69, 9.17) is 0 Å². The fourth-order valence-corrected chi connectivity index (χ4v) is 3.53. The Morgan fingerprint density at radius 2 is 1.74 bits per heavy atom. The average molecular weight is 388 g/mol. The average Bonchev–Trinajstić information content (AvgIpc) is 2.98. The predicted molar refractivity (Wildman–Crippen MR) is 99.5 cm³/mol. The van der Waals surface area contributed by atoms with Crippen LogP contribution in [0.25, 0.3) is 11.4 Å². The van der Waals surface area contributed by atoms with Gasteiger partial charge in [0, 0.05) is 22.3 Å². The normalized spacial score (nSPS) is 10.9. The van der Waals surface area contributed by atoms with Gasteiger partial charge in [-0.05, 0) is 24.1 Å². The predicted octanol–water partition coefficient (Wildman–Crippen LogP) is 5.41. The molecule has 23 heavy (non-hydrogen) atoms. The number of hydrogen-bond acceptors (Lipinski definition) is 3. The van der Waals surface area contributed by atoms with Gasteiger partial charge in [-0.15, -0.1) is 10.2 Å². The third-order valence-electron chi connectivity index (χ3n) is 3.48. The quantitative estimate of drug-likeness (QED) is 0.529. The lowest BCUT2D eigenvalue weighted by Crippen LogP contribution is -2.01. The van der Waals surface area contributed by atoms with Crippen molar-refractivity contribution in [2.45, 2.75) is 30.8 Å². The molecule has 0 aliphatic heterocycles. The van der Waals surface area contributed by atoms with Crippen molar-refractivity contribution in [2.75, 3.05) is 0 Å². The van der Waals surface area contributed by atoms with Gasteiger partial charge in [0.2, 0.25) is 0 Å². The molecule has 0 saturated heterocycles. The molecule has 0 aliphatic carbocycles. The maximum atomic E-state index is 4.42. The molecule has 0 unspecified atom stereocenters. The van der Waals surface area contributed by atoms with Crippen molar-refractivity contribution < 1.29 is 0 Å². The van der Waals surface area contributed by atoms with Crippen molar-refractivity contribution in [3.63, 3.8) is 0 Å². The summed E-state index contributed by atoms with van der Waals surface area (Å²) < 4.78 is 3.32. The Labute approximate surface area is 149 Å². The lowest BCUT2D eigenvalue weighted by molar-refractivity contribution is 0.626. The first kappa shape index (κ1) is 16.3. The third-order valence-corrected chi connectivity index (χ3v) is 5.04. The van der Waals surface area contributed by atoms with Gasteiger partial charge in [-0.1, -0.05) is 77.1 Å². The summed E-state index contributed by atoms with van der Waals surface area (Å²) >= 11 is 5.21. The van der Waals surface area contributed by atoms with Crippen molar-refractivity contribution in [3.8, 4) is 11.4 Å². The standard InChI is InChI=1S/C18H18BrN3S/c1-2-12-22-17(15-6-4-3-5-7-15)20-21-18(22)23-13-14-8-10-16(19)11-9-14/h3-11H,2,12-13H2,1H3. The molecular formula is C18H18BrN3S. The molecule has 0 radical (unpaired) electrons. The van der Waals surface area contributed by atoms with Gasteiger partial charge in [-0.25, -0.2) is 0 Å². The van der Waals surface area contributed by atoms with Gasteiger partial charge in [0.05, 0.1) is 0 Å². The van der Waals surface area contributed by atoms with Crippen LogP contribution in [0.1, 0.15) is 18.9 Å². The zero-order valence-corrected chi connectivity index (χ0v) is 15.3. The first-order valence-electron chi connectivity index (χ1n) is 7.64. The van der Waals surface area contributed by atoms with Gasteiger partial charge in [0.25, 0.3) is 0 Å². The van der Waals surface area contributed by atoms with Gasteiger partial charge < -0.3 is 4.57 Å². The van der Waals surface area contributed by atoms with E-state index in [2.05, 4.69) is 74.0 Å². The first-order valence-corrected chi connectivity index (χ1v) is 9.41. The van der Waals surface area contributed by atoms with Crippen molar-refractivity contribution >= 4 is 27.7 Å². The monoisotopic (exact) mass is 387 g/mol. The molecule has 0 saturated carbocycles. The van der Waals surface area contributed by atoms with Crippen LogP contribution in [0.4, 0.5) is 0 Å². The number of halogens is 1. The molecule has 0 bridgehead atoms. The fraction of sp³-hybridized carbons (Fsp3) is 0.222. The second-order valence-electron chi connectivity index (χ2n) is 5.24. The summed E-state index contributed by atoms with van der Waals surface area (Å²) in [5, 5.41) is 9.81. The van der Waals surface area contributed by atoms with Crippen molar-refractivity contribution in [1.29, 1.82) is 0 Å². The second-order valence-corrected chi connectivity index (χ2v) is 7.10. The summed E-state index contributed by atoms with van der Waals surface area (Å²) in [6.07, 6.45) is 1.06. The molecule has 3 aromatic rings. The Kier molecular flexibility index (Phi) is 5.51. The molecule has 0 fully saturated rings. The largest absolute Gasteiger partial charge is 0.302 e. The Morgan fingerprint density at radius 3 is 2.43 bits per heavy atom. The highest BCUT2D eigenvalue weighted by Gasteiger charge is 2.13. The maximum Gasteiger partial charge on any atom is 0.191 e. The third kappa shape index (κ3) is 4.03. The first-order chi connectivity index (χ1) is 11.3. The lowest BCUT2D eigenvalue weighted by Gasteiger charge is -2.09. The van der Waals surface area contributed by atoms with E-state index in [0.717, 1.165) is 39.7 Å². The van der Waals surface area contributed by atoms with Gasteiger partial charge in [-0.2, -0.15) is 0 Å². The molecule has 2 aromatic carbocycles. The summed E-state index contributed by atoms with van der Waals surface area (Å²) in [5.41, 5.74) is 2.40. The zero-order valence-electron chi connectivity index (χ0n) is 12.9. The molecule has 1 aromatic heterocycles. The number of hydrogen-bond donors (Lipinski definition) is 0. The van der Waals surface area contributed by atoms with E-state index < -0.39 is 0 Å². The maximum absolute atomic E-state index is 4.42. The molecule has 1 heterocycles. The van der Waals surface area contributed by atoms with Gasteiger partial charge in [-0.3, -0.25) is 0 Å². The summed E-state index contributed by atoms with van der Waals surface area (Å²) in [7, 11) is 0. The highest BCUT2D eigenvalue weighted by molar-refractivity contribution is 9.10. The van der Waals surface area contributed by atoms with Crippen LogP contribution in [0.15, 0.2) is 64.2 Å². The summed E-state index contributed by atoms with van der Waals surface area (Å²) in [4.78, 5) is 0. The van der Waals surface area contributed by atoms with E-state index >= 15 is 0 Å². The van der Waals surface area contributed by atoms with Crippen LogP contribution in [0.5, 0.6) is 0 Å². The molecule has 0 atom stereocenters. The summed E-state index contributed by atoms with van der Waals surface area (Å²) in [5.74, 6) is 1.84. The van der Waals surface area contributed by atoms with Gasteiger partial charge >= 0.3 is 0 Å². The van der Waals surface area contributed by atoms with E-state index in [-0.39, 0.29) is 0 Å². The van der Waals surface area contributed by atoms with Crippen LogP contribution < -0.4 is 0 Å². The number of thioether (sulfide) groups is 1. The minimum absolute atomic E-state index is 0.893. The van der Waals surface area contributed by atoms with Crippen LogP contribution in [0.2, 0.25) is 0 Å². The molecule has 3 nitrogen and oxygen atoms in total. The van der Waals surface area contributed by atoms with Crippen LogP contribution in [0.3, 0.4) is 0 Å². The van der Waals surface area contributed by atoms with Crippen LogP contribution in [0, 0.1) is 0 Å². The van der Waals surface area contributed by atoms with E-state index in [1.807, 2.05) is 18.2 Å². The van der Waals surface area contributed by atoms with E-state index in [1.54, 1.807) is 11.8 Å². The van der Waals surface area contributed by atoms with Crippen LogP contribution in [-0.2, 0) is 12.3 Å². The second kappa shape index (κ2) is 7.79. The smallest absolute Gasteiger partial charge is 0.191 e. The van der Waals surface area contributed by atoms with Crippen molar-refractivity contribution in [2.24, 2.45) is 0 Å².